The second kappa shape index (κ2) is 8.30. The summed E-state index contributed by atoms with van der Waals surface area (Å²) in [6, 6.07) is 15.8. The second-order valence-corrected chi connectivity index (χ2v) is 9.64. The highest BCUT2D eigenvalue weighted by Crippen LogP contribution is 2.30. The standard InChI is InChI=1S/C26H32N6O/c1-17(2)32-24-22-16-19(8-11-23(22)27-28-25(24)30(5)26(32)33)18-6-9-21(10-7-18)31-14-12-20(13-15-31)29(3)4/h6-11,16-17,20H,12-15H2,1-5H3. The smallest absolute Gasteiger partial charge is 0.330 e. The van der Waals surface area contributed by atoms with Crippen LogP contribution < -0.4 is 10.6 Å². The summed E-state index contributed by atoms with van der Waals surface area (Å²) in [5, 5.41) is 9.67. The van der Waals surface area contributed by atoms with Gasteiger partial charge in [-0.15, -0.1) is 10.2 Å². The molecule has 1 aliphatic rings. The highest BCUT2D eigenvalue weighted by molar-refractivity contribution is 6.02. The molecule has 5 rings (SSSR count). The first-order valence-corrected chi connectivity index (χ1v) is 11.7. The molecule has 172 valence electrons. The minimum Gasteiger partial charge on any atom is -0.371 e. The van der Waals surface area contributed by atoms with Crippen LogP contribution in [0, 0.1) is 0 Å². The van der Waals surface area contributed by atoms with Crippen molar-refractivity contribution in [3.63, 3.8) is 0 Å². The Kier molecular flexibility index (Phi) is 5.44. The number of anilines is 1. The maximum atomic E-state index is 12.8. The van der Waals surface area contributed by atoms with E-state index in [1.54, 1.807) is 11.6 Å². The Morgan fingerprint density at radius 3 is 2.27 bits per heavy atom. The fraction of sp³-hybridized carbons (Fsp3) is 0.423. The van der Waals surface area contributed by atoms with Crippen LogP contribution in [0.2, 0.25) is 0 Å². The largest absolute Gasteiger partial charge is 0.371 e. The minimum absolute atomic E-state index is 0.0353. The maximum Gasteiger partial charge on any atom is 0.330 e. The fourth-order valence-corrected chi connectivity index (χ4v) is 5.06. The van der Waals surface area contributed by atoms with Gasteiger partial charge in [-0.25, -0.2) is 4.79 Å². The molecule has 0 atom stereocenters. The fourth-order valence-electron chi connectivity index (χ4n) is 5.06. The Labute approximate surface area is 194 Å². The monoisotopic (exact) mass is 444 g/mol. The molecule has 7 nitrogen and oxygen atoms in total. The lowest BCUT2D eigenvalue weighted by Crippen LogP contribution is -2.41. The normalized spacial score (nSPS) is 15.4. The molecule has 0 bridgehead atoms. The number of fused-ring (bicyclic) bond motifs is 3. The summed E-state index contributed by atoms with van der Waals surface area (Å²) >= 11 is 0. The van der Waals surface area contributed by atoms with E-state index in [9.17, 15) is 4.79 Å². The molecular formula is C26H32N6O. The number of benzene rings is 2. The molecule has 0 spiro atoms. The van der Waals surface area contributed by atoms with Crippen molar-refractivity contribution in [2.45, 2.75) is 38.8 Å². The zero-order valence-electron chi connectivity index (χ0n) is 20.1. The first kappa shape index (κ1) is 21.6. The summed E-state index contributed by atoms with van der Waals surface area (Å²) in [6.07, 6.45) is 2.40. The Hall–Kier alpha value is -3.19. The number of aryl methyl sites for hydroxylation is 1. The van der Waals surface area contributed by atoms with Crippen LogP contribution in [0.1, 0.15) is 32.7 Å². The molecule has 33 heavy (non-hydrogen) atoms. The van der Waals surface area contributed by atoms with Crippen LogP contribution in [0.5, 0.6) is 0 Å². The van der Waals surface area contributed by atoms with E-state index in [1.165, 1.54) is 18.5 Å². The lowest BCUT2D eigenvalue weighted by atomic mass is 10.0. The minimum atomic E-state index is -0.0606. The van der Waals surface area contributed by atoms with E-state index in [4.69, 9.17) is 0 Å². The predicted octanol–water partition coefficient (Wildman–Crippen LogP) is 4.06. The molecule has 0 radical (unpaired) electrons. The first-order chi connectivity index (χ1) is 15.8. The third-order valence-electron chi connectivity index (χ3n) is 7.04. The molecule has 4 aromatic rings. The molecule has 0 N–H and O–H groups in total. The average Bonchev–Trinajstić information content (AvgIpc) is 3.09. The van der Waals surface area contributed by atoms with Gasteiger partial charge in [0.05, 0.1) is 5.52 Å². The van der Waals surface area contributed by atoms with Crippen molar-refractivity contribution in [2.24, 2.45) is 7.05 Å². The van der Waals surface area contributed by atoms with E-state index >= 15 is 0 Å². The van der Waals surface area contributed by atoms with Gasteiger partial charge in [-0.3, -0.25) is 9.13 Å². The summed E-state index contributed by atoms with van der Waals surface area (Å²) in [4.78, 5) is 17.6. The summed E-state index contributed by atoms with van der Waals surface area (Å²) < 4.78 is 3.40. The number of nitrogens with zero attached hydrogens (tertiary/aromatic N) is 6. The molecule has 1 fully saturated rings. The van der Waals surface area contributed by atoms with Gasteiger partial charge in [-0.2, -0.15) is 0 Å². The summed E-state index contributed by atoms with van der Waals surface area (Å²) in [7, 11) is 6.11. The van der Waals surface area contributed by atoms with Crippen LogP contribution in [-0.2, 0) is 7.05 Å². The SMILES string of the molecule is CC(C)n1c(=O)n(C)c2nnc3ccc(-c4ccc(N5CCC(N(C)C)CC5)cc4)cc3c21. The molecule has 2 aromatic heterocycles. The highest BCUT2D eigenvalue weighted by Gasteiger charge is 2.21. The third-order valence-corrected chi connectivity index (χ3v) is 7.04. The van der Waals surface area contributed by atoms with Gasteiger partial charge in [0.25, 0.3) is 0 Å². The zero-order chi connectivity index (χ0) is 23.3. The van der Waals surface area contributed by atoms with Crippen molar-refractivity contribution in [3.05, 3.63) is 52.9 Å². The Balaban J connectivity index is 1.51. The summed E-state index contributed by atoms with van der Waals surface area (Å²) in [5.41, 5.74) is 5.76. The topological polar surface area (TPSA) is 59.2 Å². The van der Waals surface area contributed by atoms with Crippen LogP contribution in [0.3, 0.4) is 0 Å². The van der Waals surface area contributed by atoms with Crippen LogP contribution in [-0.4, -0.2) is 57.5 Å². The number of hydrogen-bond donors (Lipinski definition) is 0. The van der Waals surface area contributed by atoms with Crippen molar-refractivity contribution in [1.29, 1.82) is 0 Å². The molecule has 0 saturated carbocycles. The summed E-state index contributed by atoms with van der Waals surface area (Å²) in [5.74, 6) is 0. The molecule has 1 saturated heterocycles. The van der Waals surface area contributed by atoms with Gasteiger partial charge >= 0.3 is 5.69 Å². The van der Waals surface area contributed by atoms with Crippen molar-refractivity contribution in [2.75, 3.05) is 32.1 Å². The van der Waals surface area contributed by atoms with E-state index in [0.29, 0.717) is 11.7 Å². The number of piperidine rings is 1. The molecule has 2 aromatic carbocycles. The van der Waals surface area contributed by atoms with Gasteiger partial charge in [0.2, 0.25) is 0 Å². The summed E-state index contributed by atoms with van der Waals surface area (Å²) in [6.45, 7) is 6.24. The average molecular weight is 445 g/mol. The Morgan fingerprint density at radius 2 is 1.64 bits per heavy atom. The lowest BCUT2D eigenvalue weighted by Gasteiger charge is -2.36. The van der Waals surface area contributed by atoms with Crippen LogP contribution in [0.4, 0.5) is 5.69 Å². The van der Waals surface area contributed by atoms with Crippen LogP contribution in [0.25, 0.3) is 33.2 Å². The number of rotatable bonds is 4. The van der Waals surface area contributed by atoms with Gasteiger partial charge in [-0.05, 0) is 76.2 Å². The first-order valence-electron chi connectivity index (χ1n) is 11.7. The van der Waals surface area contributed by atoms with Gasteiger partial charge in [0.15, 0.2) is 5.65 Å². The molecule has 7 heteroatoms. The second-order valence-electron chi connectivity index (χ2n) is 9.64. The molecular weight excluding hydrogens is 412 g/mol. The number of aromatic nitrogens is 4. The quantitative estimate of drug-likeness (QED) is 0.475. The van der Waals surface area contributed by atoms with Gasteiger partial charge in [0, 0.05) is 43.3 Å². The van der Waals surface area contributed by atoms with E-state index < -0.39 is 0 Å². The zero-order valence-corrected chi connectivity index (χ0v) is 20.1. The molecule has 1 aliphatic heterocycles. The predicted molar refractivity (Wildman–Crippen MR) is 135 cm³/mol. The molecule has 0 unspecified atom stereocenters. The third kappa shape index (κ3) is 3.70. The number of hydrogen-bond acceptors (Lipinski definition) is 5. The van der Waals surface area contributed by atoms with Gasteiger partial charge in [-0.1, -0.05) is 18.2 Å². The van der Waals surface area contributed by atoms with E-state index in [2.05, 4.69) is 70.5 Å². The van der Waals surface area contributed by atoms with E-state index in [0.717, 1.165) is 40.6 Å². The number of imidazole rings is 1. The van der Waals surface area contributed by atoms with Crippen LogP contribution in [0.15, 0.2) is 47.3 Å². The van der Waals surface area contributed by atoms with E-state index in [-0.39, 0.29) is 11.7 Å². The maximum absolute atomic E-state index is 12.8. The van der Waals surface area contributed by atoms with Crippen molar-refractivity contribution in [1.82, 2.24) is 24.2 Å². The van der Waals surface area contributed by atoms with Gasteiger partial charge < -0.3 is 9.80 Å². The van der Waals surface area contributed by atoms with Gasteiger partial charge in [0.1, 0.15) is 5.52 Å². The highest BCUT2D eigenvalue weighted by atomic mass is 16.1. The van der Waals surface area contributed by atoms with Crippen molar-refractivity contribution in [3.8, 4) is 11.1 Å². The van der Waals surface area contributed by atoms with Crippen LogP contribution >= 0.6 is 0 Å². The molecule has 0 aliphatic carbocycles. The Bertz CT molecular complexity index is 1360. The van der Waals surface area contributed by atoms with Crippen molar-refractivity contribution >= 4 is 27.8 Å². The van der Waals surface area contributed by atoms with E-state index in [1.807, 2.05) is 24.5 Å². The molecule has 0 amide bonds. The lowest BCUT2D eigenvalue weighted by molar-refractivity contribution is 0.249. The Morgan fingerprint density at radius 1 is 0.970 bits per heavy atom. The van der Waals surface area contributed by atoms with Crippen molar-refractivity contribution < 1.29 is 0 Å². The molecule has 3 heterocycles.